The number of fused-ring (bicyclic) bond motifs is 1. The first-order chi connectivity index (χ1) is 4.79. The van der Waals surface area contributed by atoms with Crippen LogP contribution in [0.15, 0.2) is 0 Å². The topological polar surface area (TPSA) is 49.8 Å². The molecular weight excluding hydrogens is 124 g/mol. The van der Waals surface area contributed by atoms with E-state index in [4.69, 9.17) is 11.0 Å². The Hall–Kier alpha value is -0.550. The van der Waals surface area contributed by atoms with Crippen molar-refractivity contribution in [2.75, 3.05) is 6.54 Å². The van der Waals surface area contributed by atoms with E-state index in [0.29, 0.717) is 17.3 Å². The van der Waals surface area contributed by atoms with Crippen molar-refractivity contribution in [3.63, 3.8) is 0 Å². The Labute approximate surface area is 61.0 Å². The molecule has 2 heteroatoms. The fourth-order valence-electron chi connectivity index (χ4n) is 2.54. The van der Waals surface area contributed by atoms with Crippen LogP contribution in [0.25, 0.3) is 0 Å². The van der Waals surface area contributed by atoms with Crippen LogP contribution in [0.4, 0.5) is 0 Å². The zero-order valence-corrected chi connectivity index (χ0v) is 6.01. The smallest absolute Gasteiger partial charge is 0.0658 e. The third kappa shape index (κ3) is 0.564. The number of nitrogens with zero attached hydrogens (tertiary/aromatic N) is 1. The molecule has 0 amide bonds. The molecule has 3 saturated carbocycles. The summed E-state index contributed by atoms with van der Waals surface area (Å²) in [6.07, 6.45) is 3.52. The largest absolute Gasteiger partial charge is 0.330 e. The van der Waals surface area contributed by atoms with Crippen molar-refractivity contribution in [1.29, 1.82) is 5.26 Å². The van der Waals surface area contributed by atoms with Crippen LogP contribution in [0, 0.1) is 28.6 Å². The van der Waals surface area contributed by atoms with E-state index in [9.17, 15) is 0 Å². The molecule has 2 N–H and O–H groups in total. The van der Waals surface area contributed by atoms with Crippen LogP contribution < -0.4 is 5.73 Å². The lowest BCUT2D eigenvalue weighted by Gasteiger charge is -2.36. The maximum absolute atomic E-state index is 8.68. The minimum absolute atomic E-state index is 0.337. The van der Waals surface area contributed by atoms with Crippen LogP contribution in [0.5, 0.6) is 0 Å². The summed E-state index contributed by atoms with van der Waals surface area (Å²) in [5.41, 5.74) is 6.02. The zero-order valence-electron chi connectivity index (χ0n) is 6.01. The van der Waals surface area contributed by atoms with E-state index < -0.39 is 0 Å². The highest BCUT2D eigenvalue weighted by Crippen LogP contribution is 2.60. The average Bonchev–Trinajstić information content (AvgIpc) is 2.38. The van der Waals surface area contributed by atoms with Crippen LogP contribution in [0.2, 0.25) is 0 Å². The quantitative estimate of drug-likeness (QED) is 0.582. The van der Waals surface area contributed by atoms with Crippen molar-refractivity contribution in [3.8, 4) is 6.07 Å². The van der Waals surface area contributed by atoms with Crippen LogP contribution in [0.3, 0.4) is 0 Å². The first kappa shape index (κ1) is 6.18. The van der Waals surface area contributed by atoms with E-state index in [1.54, 1.807) is 0 Å². The zero-order chi connectivity index (χ0) is 7.19. The van der Waals surface area contributed by atoms with Gasteiger partial charge in [-0.2, -0.15) is 5.26 Å². The van der Waals surface area contributed by atoms with Crippen LogP contribution in [0.1, 0.15) is 19.3 Å². The predicted octanol–water partition coefficient (Wildman–Crippen LogP) is 0.885. The van der Waals surface area contributed by atoms with Gasteiger partial charge in [-0.15, -0.1) is 0 Å². The van der Waals surface area contributed by atoms with Gasteiger partial charge in [-0.3, -0.25) is 0 Å². The van der Waals surface area contributed by atoms with Crippen molar-refractivity contribution in [3.05, 3.63) is 0 Å². The molecule has 3 fully saturated rings. The number of nitrogens with two attached hydrogens (primary N) is 1. The molecule has 3 aliphatic rings. The minimum Gasteiger partial charge on any atom is -0.330 e. The SMILES string of the molecule is N#CC1CC2(CN)CC1C2. The van der Waals surface area contributed by atoms with Crippen molar-refractivity contribution in [2.24, 2.45) is 23.0 Å². The lowest BCUT2D eigenvalue weighted by atomic mass is 9.69. The van der Waals surface area contributed by atoms with Gasteiger partial charge in [0.2, 0.25) is 0 Å². The van der Waals surface area contributed by atoms with Gasteiger partial charge in [-0.1, -0.05) is 0 Å². The fraction of sp³-hybridized carbons (Fsp3) is 0.875. The molecule has 0 radical (unpaired) electrons. The summed E-state index contributed by atoms with van der Waals surface area (Å²) in [7, 11) is 0. The predicted molar refractivity (Wildman–Crippen MR) is 37.9 cm³/mol. The monoisotopic (exact) mass is 136 g/mol. The molecule has 0 aromatic carbocycles. The third-order valence-electron chi connectivity index (χ3n) is 3.21. The van der Waals surface area contributed by atoms with Gasteiger partial charge >= 0.3 is 0 Å². The Bertz CT molecular complexity index is 186. The highest BCUT2D eigenvalue weighted by atomic mass is 14.7. The van der Waals surface area contributed by atoms with Gasteiger partial charge < -0.3 is 5.73 Å². The summed E-state index contributed by atoms with van der Waals surface area (Å²) in [6.45, 7) is 0.793. The third-order valence-corrected chi connectivity index (χ3v) is 3.21. The highest BCUT2D eigenvalue weighted by Gasteiger charge is 2.55. The molecule has 54 valence electrons. The first-order valence-electron chi connectivity index (χ1n) is 3.89. The van der Waals surface area contributed by atoms with Gasteiger partial charge in [-0.05, 0) is 37.1 Å². The molecule has 0 saturated heterocycles. The van der Waals surface area contributed by atoms with Crippen molar-refractivity contribution in [2.45, 2.75) is 19.3 Å². The maximum Gasteiger partial charge on any atom is 0.0658 e. The molecule has 2 nitrogen and oxygen atoms in total. The molecule has 0 spiro atoms. The second-order valence-electron chi connectivity index (χ2n) is 3.81. The normalized spacial score (nSPS) is 50.0. The van der Waals surface area contributed by atoms with E-state index in [2.05, 4.69) is 6.07 Å². The van der Waals surface area contributed by atoms with Crippen LogP contribution in [-0.2, 0) is 0 Å². The van der Waals surface area contributed by atoms with E-state index in [-0.39, 0.29) is 0 Å². The molecule has 0 aliphatic heterocycles. The summed E-state index contributed by atoms with van der Waals surface area (Å²) in [5.74, 6) is 1.04. The highest BCUT2D eigenvalue weighted by molar-refractivity contribution is 5.11. The van der Waals surface area contributed by atoms with Crippen molar-refractivity contribution >= 4 is 0 Å². The van der Waals surface area contributed by atoms with Gasteiger partial charge in [0.05, 0.1) is 6.07 Å². The Kier molecular flexibility index (Phi) is 1.07. The molecule has 3 rings (SSSR count). The fourth-order valence-corrected chi connectivity index (χ4v) is 2.54. The average molecular weight is 136 g/mol. The molecule has 1 unspecified atom stereocenters. The van der Waals surface area contributed by atoms with E-state index in [0.717, 1.165) is 13.0 Å². The van der Waals surface area contributed by atoms with E-state index in [1.165, 1.54) is 12.8 Å². The summed E-state index contributed by atoms with van der Waals surface area (Å²) in [6, 6.07) is 2.36. The molecule has 0 heterocycles. The number of hydrogen-bond acceptors (Lipinski definition) is 2. The second kappa shape index (κ2) is 1.73. The summed E-state index contributed by atoms with van der Waals surface area (Å²) < 4.78 is 0. The molecule has 1 atom stereocenters. The summed E-state index contributed by atoms with van der Waals surface area (Å²) in [5, 5.41) is 8.68. The summed E-state index contributed by atoms with van der Waals surface area (Å²) >= 11 is 0. The van der Waals surface area contributed by atoms with Gasteiger partial charge in [0.15, 0.2) is 0 Å². The molecule has 0 aromatic rings. The van der Waals surface area contributed by atoms with Crippen LogP contribution >= 0.6 is 0 Å². The van der Waals surface area contributed by atoms with Crippen molar-refractivity contribution in [1.82, 2.24) is 0 Å². The standard InChI is InChI=1S/C8H12N2/c9-4-7-3-8(5-10)1-6(7)2-8/h6-7H,1-3,5,10H2. The molecule has 3 aliphatic carbocycles. The van der Waals surface area contributed by atoms with Crippen LogP contribution in [-0.4, -0.2) is 6.54 Å². The molecular formula is C8H12N2. The van der Waals surface area contributed by atoms with Gasteiger partial charge in [0, 0.05) is 5.92 Å². The van der Waals surface area contributed by atoms with E-state index in [1.807, 2.05) is 0 Å². The number of hydrogen-bond donors (Lipinski definition) is 1. The number of rotatable bonds is 1. The molecule has 0 aromatic heterocycles. The maximum atomic E-state index is 8.68. The summed E-state index contributed by atoms with van der Waals surface area (Å²) in [4.78, 5) is 0. The lowest BCUT2D eigenvalue weighted by Crippen LogP contribution is -2.35. The Morgan fingerprint density at radius 2 is 2.20 bits per heavy atom. The Morgan fingerprint density at radius 1 is 1.50 bits per heavy atom. The molecule has 2 bridgehead atoms. The molecule has 10 heavy (non-hydrogen) atoms. The second-order valence-corrected chi connectivity index (χ2v) is 3.81. The van der Waals surface area contributed by atoms with Gasteiger partial charge in [0.1, 0.15) is 0 Å². The number of nitriles is 1. The minimum atomic E-state index is 0.337. The van der Waals surface area contributed by atoms with Gasteiger partial charge in [-0.25, -0.2) is 0 Å². The Balaban J connectivity index is 2.10. The Morgan fingerprint density at radius 3 is 2.50 bits per heavy atom. The van der Waals surface area contributed by atoms with Gasteiger partial charge in [0.25, 0.3) is 0 Å². The lowest BCUT2D eigenvalue weighted by molar-refractivity contribution is 0.152. The van der Waals surface area contributed by atoms with Crippen molar-refractivity contribution < 1.29 is 0 Å². The first-order valence-corrected chi connectivity index (χ1v) is 3.89. The van der Waals surface area contributed by atoms with E-state index >= 15 is 0 Å².